The summed E-state index contributed by atoms with van der Waals surface area (Å²) in [5.41, 5.74) is 6.19. The fraction of sp³-hybridized carbons (Fsp3) is 0.545. The number of nitrogen functional groups attached to an aromatic ring is 1. The first-order valence-electron chi connectivity index (χ1n) is 5.71. The van der Waals surface area contributed by atoms with Gasteiger partial charge in [-0.25, -0.2) is 0 Å². The number of hydrogen-bond donors (Lipinski definition) is 2. The summed E-state index contributed by atoms with van der Waals surface area (Å²) in [6.45, 7) is 4.09. The first-order valence-corrected chi connectivity index (χ1v) is 5.71. The number of rotatable bonds is 4. The highest BCUT2D eigenvalue weighted by atomic mass is 16.2. The van der Waals surface area contributed by atoms with Gasteiger partial charge in [0.2, 0.25) is 5.91 Å². The van der Waals surface area contributed by atoms with Crippen LogP contribution in [0.4, 0.5) is 5.69 Å². The Morgan fingerprint density at radius 2 is 2.22 bits per heavy atom. The third-order valence-electron chi connectivity index (χ3n) is 2.75. The highest BCUT2D eigenvalue weighted by molar-refractivity contribution is 5.99. The number of carbonyl (C=O) groups is 2. The SMILES string of the molecule is CCN(C)C(=O)C(C)NC(=O)c1c(N)cnn1C. The van der Waals surface area contributed by atoms with Gasteiger partial charge in [0.1, 0.15) is 11.7 Å². The monoisotopic (exact) mass is 253 g/mol. The molecular weight excluding hydrogens is 234 g/mol. The first-order chi connectivity index (χ1) is 8.38. The maximum atomic E-state index is 12.0. The molecule has 0 fully saturated rings. The summed E-state index contributed by atoms with van der Waals surface area (Å²) in [5, 5.41) is 6.48. The van der Waals surface area contributed by atoms with Gasteiger partial charge >= 0.3 is 0 Å². The second-order valence-corrected chi connectivity index (χ2v) is 4.12. The van der Waals surface area contributed by atoms with Gasteiger partial charge in [0, 0.05) is 20.6 Å². The first kappa shape index (κ1) is 14.0. The van der Waals surface area contributed by atoms with E-state index in [2.05, 4.69) is 10.4 Å². The standard InChI is InChI=1S/C11H19N5O2/c1-5-15(3)11(18)7(2)14-10(17)9-8(12)6-13-16(9)4/h6-7H,5,12H2,1-4H3,(H,14,17). The van der Waals surface area contributed by atoms with E-state index < -0.39 is 11.9 Å². The largest absolute Gasteiger partial charge is 0.396 e. The van der Waals surface area contributed by atoms with E-state index in [4.69, 9.17) is 5.73 Å². The Balaban J connectivity index is 2.74. The molecule has 0 saturated heterocycles. The molecule has 1 rings (SSSR count). The molecule has 0 aliphatic heterocycles. The highest BCUT2D eigenvalue weighted by Gasteiger charge is 2.22. The normalized spacial score (nSPS) is 12.0. The van der Waals surface area contributed by atoms with Crippen molar-refractivity contribution in [2.45, 2.75) is 19.9 Å². The highest BCUT2D eigenvalue weighted by Crippen LogP contribution is 2.09. The van der Waals surface area contributed by atoms with Gasteiger partial charge < -0.3 is 16.0 Å². The van der Waals surface area contributed by atoms with Crippen molar-refractivity contribution in [3.8, 4) is 0 Å². The summed E-state index contributed by atoms with van der Waals surface area (Å²) in [6.07, 6.45) is 1.40. The average molecular weight is 253 g/mol. The summed E-state index contributed by atoms with van der Waals surface area (Å²) < 4.78 is 1.38. The number of anilines is 1. The topological polar surface area (TPSA) is 93.2 Å². The number of aromatic nitrogens is 2. The van der Waals surface area contributed by atoms with E-state index in [9.17, 15) is 9.59 Å². The molecular formula is C11H19N5O2. The Kier molecular flexibility index (Phi) is 4.30. The zero-order valence-electron chi connectivity index (χ0n) is 11.1. The van der Waals surface area contributed by atoms with Crippen LogP contribution >= 0.6 is 0 Å². The van der Waals surface area contributed by atoms with Crippen molar-refractivity contribution >= 4 is 17.5 Å². The Bertz CT molecular complexity index is 435. The Morgan fingerprint density at radius 3 is 2.67 bits per heavy atom. The molecule has 7 nitrogen and oxygen atoms in total. The van der Waals surface area contributed by atoms with Crippen molar-refractivity contribution in [3.63, 3.8) is 0 Å². The lowest BCUT2D eigenvalue weighted by Crippen LogP contribution is -2.45. The predicted octanol–water partition coefficient (Wildman–Crippen LogP) is -0.401. The summed E-state index contributed by atoms with van der Waals surface area (Å²) >= 11 is 0. The molecule has 2 amide bonds. The van der Waals surface area contributed by atoms with Crippen molar-refractivity contribution in [3.05, 3.63) is 11.9 Å². The molecule has 3 N–H and O–H groups in total. The molecule has 0 bridgehead atoms. The maximum absolute atomic E-state index is 12.0. The van der Waals surface area contributed by atoms with Crippen LogP contribution in [0.15, 0.2) is 6.20 Å². The van der Waals surface area contributed by atoms with Crippen LogP contribution in [0.25, 0.3) is 0 Å². The van der Waals surface area contributed by atoms with Crippen LogP contribution < -0.4 is 11.1 Å². The van der Waals surface area contributed by atoms with Crippen molar-refractivity contribution in [1.82, 2.24) is 20.0 Å². The van der Waals surface area contributed by atoms with Gasteiger partial charge in [0.15, 0.2) is 0 Å². The van der Waals surface area contributed by atoms with Gasteiger partial charge in [-0.15, -0.1) is 0 Å². The van der Waals surface area contributed by atoms with Crippen LogP contribution in [0.3, 0.4) is 0 Å². The lowest BCUT2D eigenvalue weighted by molar-refractivity contribution is -0.131. The summed E-state index contributed by atoms with van der Waals surface area (Å²) in [5.74, 6) is -0.551. The van der Waals surface area contributed by atoms with Crippen LogP contribution in [0.2, 0.25) is 0 Å². The van der Waals surface area contributed by atoms with E-state index in [1.54, 1.807) is 21.0 Å². The summed E-state index contributed by atoms with van der Waals surface area (Å²) in [6, 6.07) is -0.600. The van der Waals surface area contributed by atoms with Gasteiger partial charge in [-0.2, -0.15) is 5.10 Å². The minimum atomic E-state index is -0.600. The van der Waals surface area contributed by atoms with E-state index in [-0.39, 0.29) is 11.6 Å². The van der Waals surface area contributed by atoms with Gasteiger partial charge in [-0.3, -0.25) is 14.3 Å². The molecule has 18 heavy (non-hydrogen) atoms. The fourth-order valence-corrected chi connectivity index (χ4v) is 1.55. The maximum Gasteiger partial charge on any atom is 0.272 e. The average Bonchev–Trinajstić information content (AvgIpc) is 2.66. The van der Waals surface area contributed by atoms with Crippen LogP contribution in [0.5, 0.6) is 0 Å². The number of carbonyl (C=O) groups excluding carboxylic acids is 2. The van der Waals surface area contributed by atoms with Gasteiger partial charge in [0.05, 0.1) is 11.9 Å². The van der Waals surface area contributed by atoms with Gasteiger partial charge in [0.25, 0.3) is 5.91 Å². The lowest BCUT2D eigenvalue weighted by Gasteiger charge is -2.20. The molecule has 0 spiro atoms. The Morgan fingerprint density at radius 1 is 1.61 bits per heavy atom. The molecule has 100 valence electrons. The molecule has 0 aliphatic carbocycles. The zero-order valence-corrected chi connectivity index (χ0v) is 11.1. The molecule has 1 unspecified atom stereocenters. The molecule has 0 saturated carbocycles. The third kappa shape index (κ3) is 2.79. The van der Waals surface area contributed by atoms with Crippen molar-refractivity contribution < 1.29 is 9.59 Å². The quantitative estimate of drug-likeness (QED) is 0.763. The Hall–Kier alpha value is -2.05. The minimum absolute atomic E-state index is 0.147. The van der Waals surface area contributed by atoms with Gasteiger partial charge in [-0.05, 0) is 13.8 Å². The predicted molar refractivity (Wildman–Crippen MR) is 67.9 cm³/mol. The third-order valence-corrected chi connectivity index (χ3v) is 2.75. The minimum Gasteiger partial charge on any atom is -0.396 e. The number of nitrogens with two attached hydrogens (primary N) is 1. The zero-order chi connectivity index (χ0) is 13.9. The second kappa shape index (κ2) is 5.52. The second-order valence-electron chi connectivity index (χ2n) is 4.12. The number of amides is 2. The molecule has 1 atom stereocenters. The molecule has 1 aromatic heterocycles. The van der Waals surface area contributed by atoms with Crippen LogP contribution in [-0.2, 0) is 11.8 Å². The van der Waals surface area contributed by atoms with E-state index >= 15 is 0 Å². The van der Waals surface area contributed by atoms with Gasteiger partial charge in [-0.1, -0.05) is 0 Å². The van der Waals surface area contributed by atoms with Crippen LogP contribution in [0, 0.1) is 0 Å². The number of aryl methyl sites for hydroxylation is 1. The van der Waals surface area contributed by atoms with E-state index in [0.29, 0.717) is 12.2 Å². The smallest absolute Gasteiger partial charge is 0.272 e. The molecule has 1 aromatic rings. The van der Waals surface area contributed by atoms with Crippen molar-refractivity contribution in [2.75, 3.05) is 19.3 Å². The number of likely N-dealkylation sites (N-methyl/N-ethyl adjacent to an activating group) is 1. The van der Waals surface area contributed by atoms with Crippen molar-refractivity contribution in [1.29, 1.82) is 0 Å². The molecule has 0 aliphatic rings. The lowest BCUT2D eigenvalue weighted by atomic mass is 10.2. The van der Waals surface area contributed by atoms with Crippen LogP contribution in [-0.4, -0.2) is 46.1 Å². The Labute approximate surface area is 106 Å². The molecule has 0 radical (unpaired) electrons. The van der Waals surface area contributed by atoms with Crippen molar-refractivity contribution in [2.24, 2.45) is 7.05 Å². The van der Waals surface area contributed by atoms with E-state index in [0.717, 1.165) is 0 Å². The van der Waals surface area contributed by atoms with Crippen LogP contribution in [0.1, 0.15) is 24.3 Å². The fourth-order valence-electron chi connectivity index (χ4n) is 1.55. The summed E-state index contributed by atoms with van der Waals surface area (Å²) in [7, 11) is 3.30. The van der Waals surface area contributed by atoms with E-state index in [1.165, 1.54) is 15.8 Å². The number of hydrogen-bond acceptors (Lipinski definition) is 4. The number of nitrogens with zero attached hydrogens (tertiary/aromatic N) is 3. The number of nitrogens with one attached hydrogen (secondary N) is 1. The summed E-state index contributed by atoms with van der Waals surface area (Å²) in [4.78, 5) is 25.3. The molecule has 1 heterocycles. The van der Waals surface area contributed by atoms with E-state index in [1.807, 2.05) is 6.92 Å². The molecule has 0 aromatic carbocycles. The molecule has 7 heteroatoms.